The predicted molar refractivity (Wildman–Crippen MR) is 88.3 cm³/mol. The number of nitrogens with zero attached hydrogens (tertiary/aromatic N) is 1. The van der Waals surface area contributed by atoms with Gasteiger partial charge in [0.25, 0.3) is 5.91 Å². The molecule has 114 valence electrons. The van der Waals surface area contributed by atoms with Gasteiger partial charge in [-0.3, -0.25) is 4.79 Å². The summed E-state index contributed by atoms with van der Waals surface area (Å²) in [4.78, 5) is 11.9. The van der Waals surface area contributed by atoms with Crippen LogP contribution in [-0.2, 0) is 0 Å². The molecular formula is C18H20N2O2. The number of amides is 1. The molecule has 0 radical (unpaired) electrons. The van der Waals surface area contributed by atoms with E-state index in [0.717, 1.165) is 23.4 Å². The van der Waals surface area contributed by atoms with Crippen LogP contribution in [0.2, 0.25) is 0 Å². The van der Waals surface area contributed by atoms with Crippen LogP contribution in [0.3, 0.4) is 0 Å². The lowest BCUT2D eigenvalue weighted by Crippen LogP contribution is -2.19. The molecule has 0 atom stereocenters. The third-order valence-electron chi connectivity index (χ3n) is 3.11. The lowest BCUT2D eigenvalue weighted by Gasteiger charge is -2.06. The summed E-state index contributed by atoms with van der Waals surface area (Å²) in [6, 6.07) is 16.7. The molecule has 1 amide bonds. The smallest absolute Gasteiger partial charge is 0.271 e. The Labute approximate surface area is 130 Å². The molecular weight excluding hydrogens is 276 g/mol. The van der Waals surface area contributed by atoms with Gasteiger partial charge in [-0.25, -0.2) is 5.43 Å². The van der Waals surface area contributed by atoms with Gasteiger partial charge in [0.1, 0.15) is 5.75 Å². The maximum atomic E-state index is 11.9. The van der Waals surface area contributed by atoms with Crippen molar-refractivity contribution in [1.82, 2.24) is 5.43 Å². The standard InChI is InChI=1S/C18H20N2O2/c1-3-13-22-17-11-9-15(10-12-17)14(2)19-20-18(21)16-7-5-4-6-8-16/h4-12H,3,13H2,1-2H3,(H,20,21)/b19-14+. The van der Waals surface area contributed by atoms with Crippen molar-refractivity contribution in [3.63, 3.8) is 0 Å². The second kappa shape index (κ2) is 7.98. The summed E-state index contributed by atoms with van der Waals surface area (Å²) in [7, 11) is 0. The Morgan fingerprint density at radius 2 is 1.73 bits per heavy atom. The van der Waals surface area contributed by atoms with Gasteiger partial charge in [-0.1, -0.05) is 25.1 Å². The van der Waals surface area contributed by atoms with Gasteiger partial charge >= 0.3 is 0 Å². The second-order valence-corrected chi connectivity index (χ2v) is 4.88. The number of hydrazone groups is 1. The number of hydrogen-bond acceptors (Lipinski definition) is 3. The molecule has 0 heterocycles. The van der Waals surface area contributed by atoms with Crippen LogP contribution in [0.15, 0.2) is 59.7 Å². The first-order chi connectivity index (χ1) is 10.7. The maximum absolute atomic E-state index is 11.9. The topological polar surface area (TPSA) is 50.7 Å². The van der Waals surface area contributed by atoms with E-state index >= 15 is 0 Å². The number of carbonyl (C=O) groups is 1. The molecule has 0 aromatic heterocycles. The summed E-state index contributed by atoms with van der Waals surface area (Å²) in [5.74, 6) is 0.620. The van der Waals surface area contributed by atoms with E-state index in [-0.39, 0.29) is 5.91 Å². The van der Waals surface area contributed by atoms with E-state index in [1.807, 2.05) is 49.4 Å². The molecule has 0 aliphatic carbocycles. The molecule has 1 N–H and O–H groups in total. The van der Waals surface area contributed by atoms with Gasteiger partial charge in [0.05, 0.1) is 12.3 Å². The highest BCUT2D eigenvalue weighted by atomic mass is 16.5. The first-order valence-electron chi connectivity index (χ1n) is 7.33. The fraction of sp³-hybridized carbons (Fsp3) is 0.222. The normalized spacial score (nSPS) is 11.1. The van der Waals surface area contributed by atoms with Crippen LogP contribution in [0.1, 0.15) is 36.2 Å². The van der Waals surface area contributed by atoms with Crippen LogP contribution >= 0.6 is 0 Å². The third-order valence-corrected chi connectivity index (χ3v) is 3.11. The Hall–Kier alpha value is -2.62. The molecule has 0 bridgehead atoms. The van der Waals surface area contributed by atoms with E-state index in [1.165, 1.54) is 0 Å². The first kappa shape index (κ1) is 15.8. The number of hydrogen-bond donors (Lipinski definition) is 1. The zero-order chi connectivity index (χ0) is 15.8. The van der Waals surface area contributed by atoms with Gasteiger partial charge in [-0.15, -0.1) is 0 Å². The summed E-state index contributed by atoms with van der Waals surface area (Å²) in [5.41, 5.74) is 4.83. The number of rotatable bonds is 6. The highest BCUT2D eigenvalue weighted by Crippen LogP contribution is 2.13. The van der Waals surface area contributed by atoms with Crippen LogP contribution < -0.4 is 10.2 Å². The molecule has 4 heteroatoms. The maximum Gasteiger partial charge on any atom is 0.271 e. The van der Waals surface area contributed by atoms with Crippen molar-refractivity contribution in [1.29, 1.82) is 0 Å². The Morgan fingerprint density at radius 1 is 1.05 bits per heavy atom. The Kier molecular flexibility index (Phi) is 5.72. The molecule has 0 saturated heterocycles. The van der Waals surface area contributed by atoms with Crippen molar-refractivity contribution in [3.8, 4) is 5.75 Å². The summed E-state index contributed by atoms with van der Waals surface area (Å²) in [6.45, 7) is 4.63. The van der Waals surface area contributed by atoms with Crippen LogP contribution in [0.5, 0.6) is 5.75 Å². The van der Waals surface area contributed by atoms with Crippen molar-refractivity contribution in [2.45, 2.75) is 20.3 Å². The van der Waals surface area contributed by atoms with E-state index in [2.05, 4.69) is 17.5 Å². The first-order valence-corrected chi connectivity index (χ1v) is 7.33. The SMILES string of the molecule is CCCOc1ccc(/C(C)=N/NC(=O)c2ccccc2)cc1. The number of nitrogens with one attached hydrogen (secondary N) is 1. The van der Waals surface area contributed by atoms with E-state index in [0.29, 0.717) is 12.2 Å². The number of ether oxygens (including phenoxy) is 1. The van der Waals surface area contributed by atoms with Gasteiger partial charge in [-0.05, 0) is 55.3 Å². The predicted octanol–water partition coefficient (Wildman–Crippen LogP) is 3.63. The lowest BCUT2D eigenvalue weighted by molar-refractivity contribution is 0.0955. The minimum Gasteiger partial charge on any atom is -0.494 e. The van der Waals surface area contributed by atoms with Gasteiger partial charge in [-0.2, -0.15) is 5.10 Å². The largest absolute Gasteiger partial charge is 0.494 e. The van der Waals surface area contributed by atoms with E-state index < -0.39 is 0 Å². The Morgan fingerprint density at radius 3 is 2.36 bits per heavy atom. The Balaban J connectivity index is 1.98. The molecule has 0 aliphatic rings. The zero-order valence-corrected chi connectivity index (χ0v) is 12.9. The van der Waals surface area contributed by atoms with Crippen LogP contribution in [-0.4, -0.2) is 18.2 Å². The quantitative estimate of drug-likeness (QED) is 0.653. The molecule has 2 rings (SSSR count). The molecule has 22 heavy (non-hydrogen) atoms. The van der Waals surface area contributed by atoms with Crippen molar-refractivity contribution in [2.75, 3.05) is 6.61 Å². The van der Waals surface area contributed by atoms with Gasteiger partial charge in [0.2, 0.25) is 0 Å². The number of benzene rings is 2. The van der Waals surface area contributed by atoms with Crippen molar-refractivity contribution >= 4 is 11.6 Å². The van der Waals surface area contributed by atoms with Crippen LogP contribution in [0.25, 0.3) is 0 Å². The fourth-order valence-corrected chi connectivity index (χ4v) is 1.87. The third kappa shape index (κ3) is 4.45. The molecule has 0 aliphatic heterocycles. The van der Waals surface area contributed by atoms with E-state index in [1.54, 1.807) is 12.1 Å². The summed E-state index contributed by atoms with van der Waals surface area (Å²) >= 11 is 0. The molecule has 2 aromatic rings. The van der Waals surface area contributed by atoms with Gasteiger partial charge < -0.3 is 4.74 Å². The van der Waals surface area contributed by atoms with Gasteiger partial charge in [0, 0.05) is 5.56 Å². The molecule has 4 nitrogen and oxygen atoms in total. The average molecular weight is 296 g/mol. The number of carbonyl (C=O) groups excluding carboxylic acids is 1. The minimum atomic E-state index is -0.220. The van der Waals surface area contributed by atoms with Gasteiger partial charge in [0.15, 0.2) is 0 Å². The van der Waals surface area contributed by atoms with Crippen LogP contribution in [0.4, 0.5) is 0 Å². The monoisotopic (exact) mass is 296 g/mol. The fourth-order valence-electron chi connectivity index (χ4n) is 1.87. The zero-order valence-electron chi connectivity index (χ0n) is 12.9. The summed E-state index contributed by atoms with van der Waals surface area (Å²) in [5, 5.41) is 4.14. The van der Waals surface area contributed by atoms with Crippen molar-refractivity contribution < 1.29 is 9.53 Å². The minimum absolute atomic E-state index is 0.220. The summed E-state index contributed by atoms with van der Waals surface area (Å²) < 4.78 is 5.54. The van der Waals surface area contributed by atoms with Crippen molar-refractivity contribution in [2.24, 2.45) is 5.10 Å². The van der Waals surface area contributed by atoms with E-state index in [9.17, 15) is 4.79 Å². The Bertz CT molecular complexity index is 634. The molecule has 0 fully saturated rings. The second-order valence-electron chi connectivity index (χ2n) is 4.88. The van der Waals surface area contributed by atoms with E-state index in [4.69, 9.17) is 4.74 Å². The summed E-state index contributed by atoms with van der Waals surface area (Å²) in [6.07, 6.45) is 0.980. The highest BCUT2D eigenvalue weighted by molar-refractivity contribution is 6.00. The molecule has 0 unspecified atom stereocenters. The highest BCUT2D eigenvalue weighted by Gasteiger charge is 2.04. The molecule has 0 saturated carbocycles. The van der Waals surface area contributed by atoms with Crippen LogP contribution in [0, 0.1) is 0 Å². The molecule has 0 spiro atoms. The average Bonchev–Trinajstić information content (AvgIpc) is 2.58. The molecule has 2 aromatic carbocycles. The lowest BCUT2D eigenvalue weighted by atomic mass is 10.1. The van der Waals surface area contributed by atoms with Crippen molar-refractivity contribution in [3.05, 3.63) is 65.7 Å².